The molecule has 0 saturated carbocycles. The van der Waals surface area contributed by atoms with Crippen molar-refractivity contribution in [2.75, 3.05) is 19.4 Å². The number of carbonyl (C=O) groups excluding carboxylic acids is 1. The second kappa shape index (κ2) is 9.04. The number of aromatic nitrogens is 2. The Labute approximate surface area is 178 Å². The molecule has 0 aliphatic rings. The van der Waals surface area contributed by atoms with Crippen LogP contribution in [0.15, 0.2) is 57.8 Å². The molecule has 1 aromatic heterocycles. The van der Waals surface area contributed by atoms with Gasteiger partial charge < -0.3 is 0 Å². The van der Waals surface area contributed by atoms with Crippen molar-refractivity contribution >= 4 is 44.2 Å². The van der Waals surface area contributed by atoms with Crippen LogP contribution < -0.4 is 5.32 Å². The summed E-state index contributed by atoms with van der Waals surface area (Å²) in [6, 6.07) is 13.9. The van der Waals surface area contributed by atoms with Gasteiger partial charge in [0.15, 0.2) is 4.34 Å². The molecule has 10 heteroatoms. The molecule has 1 N–H and O–H groups in total. The van der Waals surface area contributed by atoms with Crippen molar-refractivity contribution in [3.63, 3.8) is 0 Å². The van der Waals surface area contributed by atoms with Gasteiger partial charge in [-0.3, -0.25) is 10.1 Å². The molecule has 1 heterocycles. The van der Waals surface area contributed by atoms with E-state index in [4.69, 9.17) is 0 Å². The van der Waals surface area contributed by atoms with Crippen molar-refractivity contribution < 1.29 is 13.2 Å². The molecule has 152 valence electrons. The highest BCUT2D eigenvalue weighted by Crippen LogP contribution is 2.29. The summed E-state index contributed by atoms with van der Waals surface area (Å²) < 4.78 is 26.1. The number of thioether (sulfide) groups is 1. The van der Waals surface area contributed by atoms with Gasteiger partial charge in [-0.2, -0.15) is 0 Å². The number of carbonyl (C=O) groups is 1. The highest BCUT2D eigenvalue weighted by Gasteiger charge is 2.18. The minimum atomic E-state index is -3.53. The van der Waals surface area contributed by atoms with Crippen LogP contribution in [0.5, 0.6) is 0 Å². The Hall–Kier alpha value is -2.27. The number of nitrogens with zero attached hydrogens (tertiary/aromatic N) is 3. The van der Waals surface area contributed by atoms with Gasteiger partial charge in [-0.15, -0.1) is 10.2 Å². The molecule has 0 fully saturated rings. The first-order chi connectivity index (χ1) is 13.8. The van der Waals surface area contributed by atoms with E-state index in [1.54, 1.807) is 11.8 Å². The molecule has 29 heavy (non-hydrogen) atoms. The first kappa shape index (κ1) is 21.4. The third-order valence-electron chi connectivity index (χ3n) is 4.13. The lowest BCUT2D eigenvalue weighted by Gasteiger charge is -2.11. The summed E-state index contributed by atoms with van der Waals surface area (Å²) in [5.74, 6) is 0.405. The zero-order valence-corrected chi connectivity index (χ0v) is 18.6. The summed E-state index contributed by atoms with van der Waals surface area (Å²) in [6.45, 7) is 2.07. The van der Waals surface area contributed by atoms with Gasteiger partial charge >= 0.3 is 0 Å². The normalized spacial score (nSPS) is 11.6. The van der Waals surface area contributed by atoms with Crippen LogP contribution in [-0.2, 0) is 15.8 Å². The van der Waals surface area contributed by atoms with E-state index in [0.29, 0.717) is 10.7 Å². The second-order valence-corrected chi connectivity index (χ2v) is 10.7. The van der Waals surface area contributed by atoms with E-state index in [-0.39, 0.29) is 10.8 Å². The quantitative estimate of drug-likeness (QED) is 0.438. The Morgan fingerprint density at radius 2 is 1.79 bits per heavy atom. The minimum absolute atomic E-state index is 0.129. The molecule has 2 aromatic carbocycles. The number of hydrogen-bond donors (Lipinski definition) is 1. The Balaban J connectivity index is 1.62. The van der Waals surface area contributed by atoms with Crippen LogP contribution in [0.25, 0.3) is 0 Å². The van der Waals surface area contributed by atoms with Crippen LogP contribution in [0.4, 0.5) is 5.13 Å². The summed E-state index contributed by atoms with van der Waals surface area (Å²) in [6.07, 6.45) is 0. The number of rotatable bonds is 7. The Morgan fingerprint density at radius 3 is 2.45 bits per heavy atom. The fourth-order valence-electron chi connectivity index (χ4n) is 2.39. The molecule has 0 unspecified atom stereocenters. The molecule has 0 saturated heterocycles. The number of benzene rings is 2. The summed E-state index contributed by atoms with van der Waals surface area (Å²) >= 11 is 2.86. The number of anilines is 1. The summed E-state index contributed by atoms with van der Waals surface area (Å²) in [5, 5.41) is 11.2. The van der Waals surface area contributed by atoms with Crippen molar-refractivity contribution in [1.29, 1.82) is 0 Å². The fraction of sp³-hybridized carbons (Fsp3) is 0.211. The minimum Gasteiger partial charge on any atom is -0.296 e. The lowest BCUT2D eigenvalue weighted by atomic mass is 10.1. The van der Waals surface area contributed by atoms with E-state index in [2.05, 4.69) is 34.6 Å². The van der Waals surface area contributed by atoms with Gasteiger partial charge in [0.2, 0.25) is 15.2 Å². The third-order valence-corrected chi connectivity index (χ3v) is 7.98. The van der Waals surface area contributed by atoms with Gasteiger partial charge in [-0.25, -0.2) is 12.7 Å². The van der Waals surface area contributed by atoms with E-state index in [0.717, 1.165) is 14.4 Å². The number of amides is 1. The predicted octanol–water partition coefficient (Wildman–Crippen LogP) is 3.64. The predicted molar refractivity (Wildman–Crippen MR) is 116 cm³/mol. The highest BCUT2D eigenvalue weighted by atomic mass is 32.2. The molecule has 0 aliphatic carbocycles. The maximum Gasteiger partial charge on any atom is 0.257 e. The van der Waals surface area contributed by atoms with Crippen LogP contribution in [-0.4, -0.2) is 42.9 Å². The zero-order chi connectivity index (χ0) is 21.0. The van der Waals surface area contributed by atoms with Crippen molar-refractivity contribution in [3.8, 4) is 0 Å². The van der Waals surface area contributed by atoms with Crippen LogP contribution in [0.1, 0.15) is 21.5 Å². The van der Waals surface area contributed by atoms with E-state index in [1.165, 1.54) is 60.8 Å². The van der Waals surface area contributed by atoms with Gasteiger partial charge in [-0.1, -0.05) is 47.4 Å². The Bertz CT molecular complexity index is 1110. The number of nitrogens with one attached hydrogen (secondary N) is 1. The van der Waals surface area contributed by atoms with E-state index in [1.807, 2.05) is 12.1 Å². The topological polar surface area (TPSA) is 92.3 Å². The maximum atomic E-state index is 12.4. The summed E-state index contributed by atoms with van der Waals surface area (Å²) in [5.41, 5.74) is 2.79. The highest BCUT2D eigenvalue weighted by molar-refractivity contribution is 8.00. The zero-order valence-electron chi connectivity index (χ0n) is 16.1. The molecule has 0 atom stereocenters. The SMILES string of the molecule is Cc1ccccc1CSc1nnc(NC(=O)c2ccc(S(=O)(=O)N(C)C)cc2)s1. The molecule has 3 rings (SSSR count). The van der Waals surface area contributed by atoms with E-state index in [9.17, 15) is 13.2 Å². The molecular weight excluding hydrogens is 428 g/mol. The van der Waals surface area contributed by atoms with Gasteiger partial charge in [0.25, 0.3) is 5.91 Å². The first-order valence-electron chi connectivity index (χ1n) is 8.62. The standard InChI is InChI=1S/C19H20N4O3S3/c1-13-6-4-5-7-15(13)12-27-19-22-21-18(28-19)20-17(24)14-8-10-16(11-9-14)29(25,26)23(2)3/h4-11H,12H2,1-3H3,(H,20,21,24). The molecule has 0 radical (unpaired) electrons. The van der Waals surface area contributed by atoms with Crippen molar-refractivity contribution in [1.82, 2.24) is 14.5 Å². The lowest BCUT2D eigenvalue weighted by Crippen LogP contribution is -2.22. The van der Waals surface area contributed by atoms with Gasteiger partial charge in [-0.05, 0) is 42.3 Å². The van der Waals surface area contributed by atoms with Crippen molar-refractivity contribution in [3.05, 3.63) is 65.2 Å². The molecule has 3 aromatic rings. The van der Waals surface area contributed by atoms with Crippen LogP contribution in [0.2, 0.25) is 0 Å². The van der Waals surface area contributed by atoms with Crippen LogP contribution in [0.3, 0.4) is 0 Å². The molecular formula is C19H20N4O3S3. The number of hydrogen-bond acceptors (Lipinski definition) is 7. The lowest BCUT2D eigenvalue weighted by molar-refractivity contribution is 0.102. The van der Waals surface area contributed by atoms with Gasteiger partial charge in [0, 0.05) is 25.4 Å². The molecule has 0 aliphatic heterocycles. The molecule has 1 amide bonds. The monoisotopic (exact) mass is 448 g/mol. The summed E-state index contributed by atoms with van der Waals surface area (Å²) in [4.78, 5) is 12.5. The third kappa shape index (κ3) is 5.21. The fourth-order valence-corrected chi connectivity index (χ4v) is 5.11. The molecule has 0 bridgehead atoms. The summed E-state index contributed by atoms with van der Waals surface area (Å²) in [7, 11) is -0.612. The Morgan fingerprint density at radius 1 is 1.10 bits per heavy atom. The maximum absolute atomic E-state index is 12.4. The largest absolute Gasteiger partial charge is 0.296 e. The van der Waals surface area contributed by atoms with E-state index >= 15 is 0 Å². The number of sulfonamides is 1. The molecule has 7 nitrogen and oxygen atoms in total. The van der Waals surface area contributed by atoms with E-state index < -0.39 is 10.0 Å². The second-order valence-electron chi connectivity index (χ2n) is 6.35. The average molecular weight is 449 g/mol. The van der Waals surface area contributed by atoms with Crippen molar-refractivity contribution in [2.45, 2.75) is 21.9 Å². The van der Waals surface area contributed by atoms with Gasteiger partial charge in [0.05, 0.1) is 4.90 Å². The van der Waals surface area contributed by atoms with Crippen molar-refractivity contribution in [2.24, 2.45) is 0 Å². The van der Waals surface area contributed by atoms with Crippen LogP contribution in [0, 0.1) is 6.92 Å². The Kier molecular flexibility index (Phi) is 6.68. The smallest absolute Gasteiger partial charge is 0.257 e. The average Bonchev–Trinajstić information content (AvgIpc) is 3.14. The van der Waals surface area contributed by atoms with Crippen LogP contribution >= 0.6 is 23.1 Å². The first-order valence-corrected chi connectivity index (χ1v) is 11.9. The van der Waals surface area contributed by atoms with Gasteiger partial charge in [0.1, 0.15) is 0 Å². The molecule has 0 spiro atoms. The number of aryl methyl sites for hydroxylation is 1.